The van der Waals surface area contributed by atoms with E-state index in [0.717, 1.165) is 16.5 Å². The van der Waals surface area contributed by atoms with Gasteiger partial charge in [-0.05, 0) is 6.07 Å². The highest BCUT2D eigenvalue weighted by Gasteiger charge is 2.11. The summed E-state index contributed by atoms with van der Waals surface area (Å²) in [4.78, 5) is 12.5. The molecule has 0 fully saturated rings. The number of nitrogens with zero attached hydrogens (tertiary/aromatic N) is 2. The lowest BCUT2D eigenvalue weighted by Crippen LogP contribution is -2.24. The van der Waals surface area contributed by atoms with Gasteiger partial charge in [-0.2, -0.15) is 5.26 Å². The van der Waals surface area contributed by atoms with E-state index in [1.54, 1.807) is 19.4 Å². The van der Waals surface area contributed by atoms with E-state index in [-0.39, 0.29) is 0 Å². The van der Waals surface area contributed by atoms with Crippen molar-refractivity contribution >= 4 is 16.9 Å². The van der Waals surface area contributed by atoms with Crippen molar-refractivity contribution in [2.24, 2.45) is 0 Å². The van der Waals surface area contributed by atoms with E-state index in [2.05, 4.69) is 0 Å². The van der Waals surface area contributed by atoms with Gasteiger partial charge in [0.25, 0.3) is 0 Å². The highest BCUT2D eigenvalue weighted by atomic mass is 16.3. The molecule has 1 heterocycles. The normalized spacial score (nSPS) is 10.0. The number of hydrogen-bond donors (Lipinski definition) is 0. The third-order valence-corrected chi connectivity index (χ3v) is 2.41. The number of carbonyl (C=O) groups excluding carboxylic acids is 1. The molecule has 1 aromatic heterocycles. The molecule has 0 radical (unpaired) electrons. The molecule has 16 heavy (non-hydrogen) atoms. The predicted octanol–water partition coefficient (Wildman–Crippen LogP) is 1.91. The molecule has 0 spiro atoms. The van der Waals surface area contributed by atoms with Crippen molar-refractivity contribution in [1.29, 1.82) is 5.26 Å². The smallest absolute Gasteiger partial charge is 0.325 e. The maximum atomic E-state index is 11.1. The molecule has 4 heteroatoms. The first-order chi connectivity index (χ1) is 7.72. The maximum Gasteiger partial charge on any atom is 0.325 e. The van der Waals surface area contributed by atoms with E-state index in [1.807, 2.05) is 24.3 Å². The minimum atomic E-state index is -0.551. The Hall–Kier alpha value is -2.28. The van der Waals surface area contributed by atoms with Crippen LogP contribution >= 0.6 is 0 Å². The maximum absolute atomic E-state index is 11.1. The van der Waals surface area contributed by atoms with E-state index < -0.39 is 5.91 Å². The van der Waals surface area contributed by atoms with Crippen LogP contribution in [0.15, 0.2) is 34.9 Å². The quantitative estimate of drug-likeness (QED) is 0.717. The molecule has 80 valence electrons. The highest BCUT2D eigenvalue weighted by Crippen LogP contribution is 2.21. The van der Waals surface area contributed by atoms with Crippen LogP contribution in [0.5, 0.6) is 0 Å². The lowest BCUT2D eigenvalue weighted by molar-refractivity contribution is -0.124. The summed E-state index contributed by atoms with van der Waals surface area (Å²) >= 11 is 0. The Morgan fingerprint density at radius 1 is 1.50 bits per heavy atom. The number of para-hydroxylation sites is 1. The van der Waals surface area contributed by atoms with Crippen LogP contribution < -0.4 is 0 Å². The standard InChI is InChI=1S/C12H10N2O2/c1-14(12(15)6-13)7-9-8-16-11-5-3-2-4-10(9)11/h2-5,8H,7H2,1H3. The van der Waals surface area contributed by atoms with Crippen LogP contribution in [-0.4, -0.2) is 17.9 Å². The topological polar surface area (TPSA) is 57.2 Å². The van der Waals surface area contributed by atoms with Crippen LogP contribution in [-0.2, 0) is 11.3 Å². The van der Waals surface area contributed by atoms with E-state index in [0.29, 0.717) is 6.54 Å². The Bertz CT molecular complexity index is 566. The van der Waals surface area contributed by atoms with E-state index in [1.165, 1.54) is 4.90 Å². The summed E-state index contributed by atoms with van der Waals surface area (Å²) in [5.41, 5.74) is 1.69. The van der Waals surface area contributed by atoms with Crippen LogP contribution in [0.1, 0.15) is 5.56 Å². The molecule has 0 aliphatic carbocycles. The Kier molecular flexibility index (Phi) is 2.61. The average molecular weight is 214 g/mol. The summed E-state index contributed by atoms with van der Waals surface area (Å²) in [6, 6.07) is 9.18. The zero-order valence-corrected chi connectivity index (χ0v) is 8.80. The van der Waals surface area contributed by atoms with Crippen molar-refractivity contribution in [3.8, 4) is 6.07 Å². The second-order valence-electron chi connectivity index (χ2n) is 3.53. The second-order valence-corrected chi connectivity index (χ2v) is 3.53. The van der Waals surface area contributed by atoms with Crippen LogP contribution in [0.4, 0.5) is 0 Å². The van der Waals surface area contributed by atoms with Gasteiger partial charge < -0.3 is 9.32 Å². The molecule has 4 nitrogen and oxygen atoms in total. The minimum absolute atomic E-state index is 0.378. The molecule has 1 aromatic carbocycles. The number of furan rings is 1. The number of carbonyl (C=O) groups is 1. The lowest BCUT2D eigenvalue weighted by atomic mass is 10.2. The molecule has 0 unspecified atom stereocenters. The van der Waals surface area contributed by atoms with Gasteiger partial charge in [0.2, 0.25) is 0 Å². The Morgan fingerprint density at radius 3 is 3.00 bits per heavy atom. The zero-order chi connectivity index (χ0) is 11.5. The summed E-state index contributed by atoms with van der Waals surface area (Å²) in [6.45, 7) is 0.378. The molecule has 2 aromatic rings. The van der Waals surface area contributed by atoms with Crippen molar-refractivity contribution in [2.45, 2.75) is 6.54 Å². The third kappa shape index (κ3) is 1.75. The average Bonchev–Trinajstić information content (AvgIpc) is 2.72. The first-order valence-corrected chi connectivity index (χ1v) is 4.82. The van der Waals surface area contributed by atoms with Crippen molar-refractivity contribution in [3.05, 3.63) is 36.1 Å². The van der Waals surface area contributed by atoms with Crippen LogP contribution in [0.2, 0.25) is 0 Å². The van der Waals surface area contributed by atoms with Crippen molar-refractivity contribution in [1.82, 2.24) is 4.90 Å². The molecule has 0 aliphatic rings. The van der Waals surface area contributed by atoms with Crippen LogP contribution in [0.3, 0.4) is 0 Å². The zero-order valence-electron chi connectivity index (χ0n) is 8.80. The summed E-state index contributed by atoms with van der Waals surface area (Å²) < 4.78 is 5.34. The first kappa shape index (κ1) is 10.2. The fraction of sp³-hybridized carbons (Fsp3) is 0.167. The number of fused-ring (bicyclic) bond motifs is 1. The van der Waals surface area contributed by atoms with Gasteiger partial charge in [0.15, 0.2) is 6.07 Å². The molecule has 1 amide bonds. The molecular formula is C12H10N2O2. The Balaban J connectivity index is 2.29. The van der Waals surface area contributed by atoms with Gasteiger partial charge in [-0.15, -0.1) is 0 Å². The summed E-state index contributed by atoms with van der Waals surface area (Å²) in [5, 5.41) is 9.45. The molecule has 0 bridgehead atoms. The minimum Gasteiger partial charge on any atom is -0.464 e. The third-order valence-electron chi connectivity index (χ3n) is 2.41. The lowest BCUT2D eigenvalue weighted by Gasteiger charge is -2.11. The summed E-state index contributed by atoms with van der Waals surface area (Å²) in [6.07, 6.45) is 1.62. The van der Waals surface area contributed by atoms with Gasteiger partial charge in [-0.25, -0.2) is 0 Å². The van der Waals surface area contributed by atoms with E-state index in [4.69, 9.17) is 9.68 Å². The van der Waals surface area contributed by atoms with Gasteiger partial charge in [-0.3, -0.25) is 4.79 Å². The molecular weight excluding hydrogens is 204 g/mol. The number of hydrogen-bond acceptors (Lipinski definition) is 3. The van der Waals surface area contributed by atoms with Gasteiger partial charge in [-0.1, -0.05) is 18.2 Å². The molecule has 2 rings (SSSR count). The monoisotopic (exact) mass is 214 g/mol. The second kappa shape index (κ2) is 4.07. The molecule has 0 saturated carbocycles. The number of amides is 1. The SMILES string of the molecule is CN(Cc1coc2ccccc12)C(=O)C#N. The number of rotatable bonds is 2. The van der Waals surface area contributed by atoms with Crippen LogP contribution in [0, 0.1) is 11.3 Å². The largest absolute Gasteiger partial charge is 0.464 e. The number of benzene rings is 1. The highest BCUT2D eigenvalue weighted by molar-refractivity contribution is 5.91. The van der Waals surface area contributed by atoms with Gasteiger partial charge in [0, 0.05) is 18.0 Å². The molecule has 0 aliphatic heterocycles. The van der Waals surface area contributed by atoms with Crippen molar-refractivity contribution in [2.75, 3.05) is 7.05 Å². The summed E-state index contributed by atoms with van der Waals surface area (Å²) in [7, 11) is 1.59. The van der Waals surface area contributed by atoms with Gasteiger partial charge in [0.05, 0.1) is 12.8 Å². The predicted molar refractivity (Wildman–Crippen MR) is 58.3 cm³/mol. The van der Waals surface area contributed by atoms with E-state index >= 15 is 0 Å². The molecule has 0 saturated heterocycles. The van der Waals surface area contributed by atoms with E-state index in [9.17, 15) is 4.79 Å². The Morgan fingerprint density at radius 2 is 2.25 bits per heavy atom. The fourth-order valence-corrected chi connectivity index (χ4v) is 1.57. The fourth-order valence-electron chi connectivity index (χ4n) is 1.57. The first-order valence-electron chi connectivity index (χ1n) is 4.82. The van der Waals surface area contributed by atoms with Gasteiger partial charge >= 0.3 is 5.91 Å². The number of nitriles is 1. The van der Waals surface area contributed by atoms with Crippen LogP contribution in [0.25, 0.3) is 11.0 Å². The molecule has 0 N–H and O–H groups in total. The van der Waals surface area contributed by atoms with Crippen molar-refractivity contribution in [3.63, 3.8) is 0 Å². The van der Waals surface area contributed by atoms with Gasteiger partial charge in [0.1, 0.15) is 5.58 Å². The van der Waals surface area contributed by atoms with Crippen molar-refractivity contribution < 1.29 is 9.21 Å². The Labute approximate surface area is 92.7 Å². The molecule has 0 atom stereocenters. The summed E-state index contributed by atoms with van der Waals surface area (Å²) in [5.74, 6) is -0.551.